The molecule has 0 unspecified atom stereocenters. The molecular weight excluding hydrogens is 234 g/mol. The van der Waals surface area contributed by atoms with E-state index in [1.807, 2.05) is 0 Å². The third-order valence-corrected chi connectivity index (χ3v) is 3.28. The molecule has 1 aromatic rings. The third kappa shape index (κ3) is 4.83. The highest BCUT2D eigenvalue weighted by molar-refractivity contribution is 7.17. The monoisotopic (exact) mass is 255 g/mol. The molecular formula is C12H21N3OS. The average Bonchev–Trinajstić information content (AvgIpc) is 2.71. The summed E-state index contributed by atoms with van der Waals surface area (Å²) in [5.74, 6) is 0.584. The summed E-state index contributed by atoms with van der Waals surface area (Å²) in [7, 11) is 4.12. The van der Waals surface area contributed by atoms with Gasteiger partial charge in [0.2, 0.25) is 0 Å². The Morgan fingerprint density at radius 2 is 2.12 bits per heavy atom. The topological polar surface area (TPSA) is 36.4 Å². The lowest BCUT2D eigenvalue weighted by Crippen LogP contribution is -2.34. The summed E-state index contributed by atoms with van der Waals surface area (Å²) in [5, 5.41) is 0.947. The summed E-state index contributed by atoms with van der Waals surface area (Å²) in [4.78, 5) is 20.1. The molecule has 96 valence electrons. The van der Waals surface area contributed by atoms with Crippen LogP contribution in [0.4, 0.5) is 5.13 Å². The van der Waals surface area contributed by atoms with E-state index in [2.05, 4.69) is 42.7 Å². The quantitative estimate of drug-likeness (QED) is 0.698. The minimum atomic E-state index is 0.584. The van der Waals surface area contributed by atoms with E-state index in [4.69, 9.17) is 0 Å². The molecule has 1 heterocycles. The van der Waals surface area contributed by atoms with Crippen LogP contribution in [0.1, 0.15) is 23.5 Å². The maximum atomic E-state index is 10.7. The van der Waals surface area contributed by atoms with Crippen molar-refractivity contribution in [2.24, 2.45) is 5.92 Å². The maximum absolute atomic E-state index is 10.7. The summed E-state index contributed by atoms with van der Waals surface area (Å²) in [6.45, 7) is 7.28. The molecule has 0 radical (unpaired) electrons. The molecule has 0 saturated carbocycles. The van der Waals surface area contributed by atoms with Gasteiger partial charge in [0.25, 0.3) is 0 Å². The molecule has 1 rings (SSSR count). The molecule has 0 bridgehead atoms. The number of likely N-dealkylation sites (N-methyl/N-ethyl adjacent to an activating group) is 1. The second kappa shape index (κ2) is 6.71. The molecule has 5 heteroatoms. The first-order valence-electron chi connectivity index (χ1n) is 5.83. The van der Waals surface area contributed by atoms with Crippen molar-refractivity contribution in [3.05, 3.63) is 11.1 Å². The predicted octanol–water partition coefficient (Wildman–Crippen LogP) is 1.98. The van der Waals surface area contributed by atoms with Crippen LogP contribution in [0.2, 0.25) is 0 Å². The van der Waals surface area contributed by atoms with E-state index in [1.165, 1.54) is 11.3 Å². The molecule has 0 aliphatic rings. The largest absolute Gasteiger partial charge is 0.347 e. The number of aromatic nitrogens is 1. The molecule has 0 spiro atoms. The van der Waals surface area contributed by atoms with Crippen LogP contribution in [0.25, 0.3) is 0 Å². The van der Waals surface area contributed by atoms with Crippen molar-refractivity contribution in [2.45, 2.75) is 13.8 Å². The van der Waals surface area contributed by atoms with Gasteiger partial charge in [-0.3, -0.25) is 4.79 Å². The molecule has 4 nitrogen and oxygen atoms in total. The van der Waals surface area contributed by atoms with E-state index >= 15 is 0 Å². The maximum Gasteiger partial charge on any atom is 0.185 e. The van der Waals surface area contributed by atoms with Gasteiger partial charge in [-0.25, -0.2) is 4.98 Å². The van der Waals surface area contributed by atoms with Crippen molar-refractivity contribution in [3.8, 4) is 0 Å². The lowest BCUT2D eigenvalue weighted by Gasteiger charge is -2.25. The standard InChI is InChI=1S/C12H21N3OS/c1-10(2)8-15(6-5-14(3)4)12-13-7-11(9-16)17-12/h7,9-10H,5-6,8H2,1-4H3. The van der Waals surface area contributed by atoms with Gasteiger partial charge in [-0.1, -0.05) is 25.2 Å². The molecule has 0 atom stereocenters. The van der Waals surface area contributed by atoms with Crippen molar-refractivity contribution < 1.29 is 4.79 Å². The van der Waals surface area contributed by atoms with Crippen LogP contribution in [0.15, 0.2) is 6.20 Å². The molecule has 1 aromatic heterocycles. The lowest BCUT2D eigenvalue weighted by molar-refractivity contribution is 0.112. The molecule has 0 amide bonds. The van der Waals surface area contributed by atoms with Crippen LogP contribution in [-0.4, -0.2) is 49.9 Å². The number of aldehydes is 1. The first-order valence-corrected chi connectivity index (χ1v) is 6.65. The number of hydrogen-bond acceptors (Lipinski definition) is 5. The van der Waals surface area contributed by atoms with Crippen LogP contribution < -0.4 is 4.90 Å². The van der Waals surface area contributed by atoms with E-state index in [-0.39, 0.29) is 0 Å². The Morgan fingerprint density at radius 3 is 2.59 bits per heavy atom. The number of rotatable bonds is 7. The van der Waals surface area contributed by atoms with Gasteiger partial charge in [-0.15, -0.1) is 0 Å². The number of anilines is 1. The number of hydrogen-bond donors (Lipinski definition) is 0. The van der Waals surface area contributed by atoms with Crippen molar-refractivity contribution >= 4 is 22.8 Å². The number of carbonyl (C=O) groups excluding carboxylic acids is 1. The smallest absolute Gasteiger partial charge is 0.185 e. The van der Waals surface area contributed by atoms with Gasteiger partial charge in [0, 0.05) is 19.6 Å². The summed E-state index contributed by atoms with van der Waals surface area (Å²) in [6, 6.07) is 0. The van der Waals surface area contributed by atoms with Crippen LogP contribution >= 0.6 is 11.3 Å². The molecule has 0 saturated heterocycles. The normalized spacial score (nSPS) is 11.2. The van der Waals surface area contributed by atoms with Crippen LogP contribution in [0.3, 0.4) is 0 Å². The fourth-order valence-corrected chi connectivity index (χ4v) is 2.27. The van der Waals surface area contributed by atoms with Crippen LogP contribution in [0, 0.1) is 5.92 Å². The first kappa shape index (κ1) is 14.1. The van der Waals surface area contributed by atoms with Gasteiger partial charge in [0.1, 0.15) is 0 Å². The van der Waals surface area contributed by atoms with Crippen molar-refractivity contribution in [1.29, 1.82) is 0 Å². The molecule has 0 aliphatic carbocycles. The summed E-state index contributed by atoms with van der Waals surface area (Å²) >= 11 is 1.46. The van der Waals surface area contributed by atoms with E-state index in [0.717, 1.165) is 31.1 Å². The summed E-state index contributed by atoms with van der Waals surface area (Å²) < 4.78 is 0. The molecule has 0 aliphatic heterocycles. The highest BCUT2D eigenvalue weighted by atomic mass is 32.1. The highest BCUT2D eigenvalue weighted by Gasteiger charge is 2.12. The predicted molar refractivity (Wildman–Crippen MR) is 73.1 cm³/mol. The Balaban J connectivity index is 2.70. The van der Waals surface area contributed by atoms with Crippen LogP contribution in [-0.2, 0) is 0 Å². The summed E-state index contributed by atoms with van der Waals surface area (Å²) in [6.07, 6.45) is 2.51. The number of thiazole rings is 1. The fourth-order valence-electron chi connectivity index (χ4n) is 1.50. The Hall–Kier alpha value is -0.940. The van der Waals surface area contributed by atoms with E-state index in [9.17, 15) is 4.79 Å². The van der Waals surface area contributed by atoms with Crippen molar-refractivity contribution in [3.63, 3.8) is 0 Å². The Labute approximate surface area is 107 Å². The van der Waals surface area contributed by atoms with Gasteiger partial charge in [0.05, 0.1) is 11.1 Å². The zero-order valence-corrected chi connectivity index (χ0v) is 11.8. The van der Waals surface area contributed by atoms with Gasteiger partial charge in [0.15, 0.2) is 11.4 Å². The Bertz CT molecular complexity index is 349. The van der Waals surface area contributed by atoms with Crippen molar-refractivity contribution in [2.75, 3.05) is 38.6 Å². The molecule has 0 fully saturated rings. The van der Waals surface area contributed by atoms with E-state index in [1.54, 1.807) is 6.20 Å². The minimum Gasteiger partial charge on any atom is -0.347 e. The Morgan fingerprint density at radius 1 is 1.41 bits per heavy atom. The highest BCUT2D eigenvalue weighted by Crippen LogP contribution is 2.22. The fraction of sp³-hybridized carbons (Fsp3) is 0.667. The number of carbonyl (C=O) groups is 1. The summed E-state index contributed by atoms with van der Waals surface area (Å²) in [5.41, 5.74) is 0. The second-order valence-electron chi connectivity index (χ2n) is 4.81. The molecule has 0 N–H and O–H groups in total. The van der Waals surface area contributed by atoms with Crippen molar-refractivity contribution in [1.82, 2.24) is 9.88 Å². The third-order valence-electron chi connectivity index (χ3n) is 2.30. The number of nitrogens with zero attached hydrogens (tertiary/aromatic N) is 3. The minimum absolute atomic E-state index is 0.584. The van der Waals surface area contributed by atoms with Gasteiger partial charge in [-0.2, -0.15) is 0 Å². The second-order valence-corrected chi connectivity index (χ2v) is 5.85. The zero-order chi connectivity index (χ0) is 12.8. The van der Waals surface area contributed by atoms with Gasteiger partial charge in [-0.05, 0) is 20.0 Å². The van der Waals surface area contributed by atoms with E-state index < -0.39 is 0 Å². The van der Waals surface area contributed by atoms with Gasteiger partial charge < -0.3 is 9.80 Å². The molecule has 0 aromatic carbocycles. The Kier molecular flexibility index (Phi) is 5.58. The van der Waals surface area contributed by atoms with E-state index in [0.29, 0.717) is 10.8 Å². The average molecular weight is 255 g/mol. The molecule has 17 heavy (non-hydrogen) atoms. The SMILES string of the molecule is CC(C)CN(CCN(C)C)c1ncc(C=O)s1. The first-order chi connectivity index (χ1) is 8.02. The lowest BCUT2D eigenvalue weighted by atomic mass is 10.2. The van der Waals surface area contributed by atoms with Crippen LogP contribution in [0.5, 0.6) is 0 Å². The zero-order valence-electron chi connectivity index (χ0n) is 11.0. The van der Waals surface area contributed by atoms with Gasteiger partial charge >= 0.3 is 0 Å².